The maximum Gasteiger partial charge on any atom is 0.133 e. The predicted molar refractivity (Wildman–Crippen MR) is 82.3 cm³/mol. The zero-order valence-corrected chi connectivity index (χ0v) is 13.8. The molecule has 2 rings (SSSR count). The first kappa shape index (κ1) is 15.6. The molecule has 4 nitrogen and oxygen atoms in total. The largest absolute Gasteiger partial charge is 0.496 e. The Morgan fingerprint density at radius 1 is 1.25 bits per heavy atom. The third-order valence-electron chi connectivity index (χ3n) is 3.78. The van der Waals surface area contributed by atoms with Crippen LogP contribution in [0, 0.1) is 5.92 Å². The summed E-state index contributed by atoms with van der Waals surface area (Å²) in [7, 11) is 5.44. The molecule has 1 fully saturated rings. The van der Waals surface area contributed by atoms with Crippen molar-refractivity contribution in [3.8, 4) is 11.5 Å². The van der Waals surface area contributed by atoms with Gasteiger partial charge in [0.05, 0.1) is 24.8 Å². The summed E-state index contributed by atoms with van der Waals surface area (Å²) in [6.07, 6.45) is 1.76. The van der Waals surface area contributed by atoms with Crippen molar-refractivity contribution in [1.29, 1.82) is 0 Å². The number of nitrogens with zero attached hydrogens (tertiary/aromatic N) is 1. The van der Waals surface area contributed by atoms with Crippen LogP contribution in [-0.2, 0) is 6.54 Å². The van der Waals surface area contributed by atoms with Crippen LogP contribution in [0.1, 0.15) is 18.4 Å². The molecule has 112 valence electrons. The molecule has 5 heteroatoms. The van der Waals surface area contributed by atoms with E-state index >= 15 is 0 Å². The normalized spacial score (nSPS) is 21.7. The number of halogens is 1. The van der Waals surface area contributed by atoms with Crippen molar-refractivity contribution >= 4 is 15.9 Å². The van der Waals surface area contributed by atoms with E-state index in [1.165, 1.54) is 0 Å². The molecular weight excluding hydrogens is 322 g/mol. The van der Waals surface area contributed by atoms with Crippen molar-refractivity contribution in [2.45, 2.75) is 25.5 Å². The van der Waals surface area contributed by atoms with E-state index in [1.54, 1.807) is 14.2 Å². The summed E-state index contributed by atoms with van der Waals surface area (Å²) in [6, 6.07) is 3.95. The fourth-order valence-corrected chi connectivity index (χ4v) is 3.18. The zero-order chi connectivity index (χ0) is 14.7. The fourth-order valence-electron chi connectivity index (χ4n) is 2.69. The number of methoxy groups -OCH3 is 2. The Kier molecular flexibility index (Phi) is 5.29. The van der Waals surface area contributed by atoms with Crippen molar-refractivity contribution in [3.05, 3.63) is 22.2 Å². The molecule has 1 aliphatic carbocycles. The minimum Gasteiger partial charge on any atom is -0.496 e. The van der Waals surface area contributed by atoms with Crippen molar-refractivity contribution in [3.63, 3.8) is 0 Å². The second-order valence-electron chi connectivity index (χ2n) is 5.49. The summed E-state index contributed by atoms with van der Waals surface area (Å²) >= 11 is 3.47. The van der Waals surface area contributed by atoms with Gasteiger partial charge in [-0.2, -0.15) is 0 Å². The van der Waals surface area contributed by atoms with Gasteiger partial charge in [0.2, 0.25) is 0 Å². The van der Waals surface area contributed by atoms with Crippen LogP contribution in [0.2, 0.25) is 0 Å². The topological polar surface area (TPSA) is 41.9 Å². The van der Waals surface area contributed by atoms with E-state index in [2.05, 4.69) is 27.9 Å². The van der Waals surface area contributed by atoms with Gasteiger partial charge in [-0.3, -0.25) is 0 Å². The van der Waals surface area contributed by atoms with E-state index in [1.807, 2.05) is 12.1 Å². The van der Waals surface area contributed by atoms with Crippen LogP contribution >= 0.6 is 15.9 Å². The maximum atomic E-state index is 9.34. The average molecular weight is 344 g/mol. The van der Waals surface area contributed by atoms with Gasteiger partial charge in [0.15, 0.2) is 0 Å². The number of aliphatic hydroxyl groups excluding tert-OH is 1. The lowest BCUT2D eigenvalue weighted by Gasteiger charge is -2.34. The summed E-state index contributed by atoms with van der Waals surface area (Å²) in [5, 5.41) is 9.34. The van der Waals surface area contributed by atoms with Crippen molar-refractivity contribution in [2.75, 3.05) is 27.8 Å². The van der Waals surface area contributed by atoms with Gasteiger partial charge >= 0.3 is 0 Å². The van der Waals surface area contributed by atoms with Crippen LogP contribution in [0.15, 0.2) is 16.6 Å². The first-order chi connectivity index (χ1) is 9.53. The van der Waals surface area contributed by atoms with E-state index in [9.17, 15) is 5.11 Å². The molecule has 0 aliphatic heterocycles. The Bertz CT molecular complexity index is 461. The lowest BCUT2D eigenvalue weighted by Crippen LogP contribution is -2.36. The Balaban J connectivity index is 2.03. The van der Waals surface area contributed by atoms with Crippen LogP contribution < -0.4 is 9.47 Å². The SMILES string of the molecule is COc1cc(CN(C)CC2CC(O)C2)c(OC)cc1Br. The van der Waals surface area contributed by atoms with E-state index in [0.717, 1.165) is 47.5 Å². The summed E-state index contributed by atoms with van der Waals surface area (Å²) < 4.78 is 11.7. The molecule has 0 aromatic heterocycles. The Labute approximate surface area is 128 Å². The molecule has 0 bridgehead atoms. The molecule has 0 radical (unpaired) electrons. The standard InChI is InChI=1S/C15H22BrNO3/c1-17(8-10-4-12(18)5-10)9-11-6-15(20-3)13(16)7-14(11)19-2/h6-7,10,12,18H,4-5,8-9H2,1-3H3. The van der Waals surface area contributed by atoms with Gasteiger partial charge in [-0.1, -0.05) is 0 Å². The van der Waals surface area contributed by atoms with Gasteiger partial charge in [0.25, 0.3) is 0 Å². The number of benzene rings is 1. The van der Waals surface area contributed by atoms with Crippen LogP contribution in [0.25, 0.3) is 0 Å². The molecule has 1 aromatic rings. The highest BCUT2D eigenvalue weighted by molar-refractivity contribution is 9.10. The first-order valence-corrected chi connectivity index (χ1v) is 7.59. The Morgan fingerprint density at radius 2 is 1.90 bits per heavy atom. The Hall–Kier alpha value is -0.780. The van der Waals surface area contributed by atoms with Gasteiger partial charge in [-0.05, 0) is 53.9 Å². The lowest BCUT2D eigenvalue weighted by molar-refractivity contribution is 0.0273. The number of rotatable bonds is 6. The molecule has 20 heavy (non-hydrogen) atoms. The van der Waals surface area contributed by atoms with E-state index in [0.29, 0.717) is 5.92 Å². The number of aliphatic hydroxyl groups is 1. The van der Waals surface area contributed by atoms with Crippen molar-refractivity contribution < 1.29 is 14.6 Å². The summed E-state index contributed by atoms with van der Waals surface area (Å²) in [5.41, 5.74) is 1.11. The molecule has 0 atom stereocenters. The number of hydrogen-bond acceptors (Lipinski definition) is 4. The van der Waals surface area contributed by atoms with Crippen molar-refractivity contribution in [2.24, 2.45) is 5.92 Å². The molecule has 0 unspecified atom stereocenters. The van der Waals surface area contributed by atoms with Crippen molar-refractivity contribution in [1.82, 2.24) is 4.90 Å². The minimum atomic E-state index is -0.0873. The monoisotopic (exact) mass is 343 g/mol. The van der Waals surface area contributed by atoms with Gasteiger partial charge in [-0.25, -0.2) is 0 Å². The van der Waals surface area contributed by atoms with Gasteiger partial charge in [-0.15, -0.1) is 0 Å². The van der Waals surface area contributed by atoms with E-state index in [-0.39, 0.29) is 6.10 Å². The Morgan fingerprint density at radius 3 is 2.45 bits per heavy atom. The molecule has 0 amide bonds. The quantitative estimate of drug-likeness (QED) is 0.862. The van der Waals surface area contributed by atoms with Crippen LogP contribution in [0.5, 0.6) is 11.5 Å². The van der Waals surface area contributed by atoms with E-state index < -0.39 is 0 Å². The lowest BCUT2D eigenvalue weighted by atomic mass is 9.82. The highest BCUT2D eigenvalue weighted by atomic mass is 79.9. The van der Waals surface area contributed by atoms with Gasteiger partial charge in [0, 0.05) is 18.7 Å². The molecule has 1 aliphatic rings. The smallest absolute Gasteiger partial charge is 0.133 e. The van der Waals surface area contributed by atoms with Crippen LogP contribution in [-0.4, -0.2) is 43.9 Å². The minimum absolute atomic E-state index is 0.0873. The molecular formula is C15H22BrNO3. The van der Waals surface area contributed by atoms with Crippen LogP contribution in [0.3, 0.4) is 0 Å². The summed E-state index contributed by atoms with van der Waals surface area (Å²) in [5.74, 6) is 2.28. The molecule has 0 heterocycles. The first-order valence-electron chi connectivity index (χ1n) is 6.80. The molecule has 0 saturated heterocycles. The third kappa shape index (κ3) is 3.65. The third-order valence-corrected chi connectivity index (χ3v) is 4.40. The molecule has 0 spiro atoms. The fraction of sp³-hybridized carbons (Fsp3) is 0.600. The van der Waals surface area contributed by atoms with E-state index in [4.69, 9.17) is 9.47 Å². The van der Waals surface area contributed by atoms with Crippen LogP contribution in [0.4, 0.5) is 0 Å². The second kappa shape index (κ2) is 6.78. The number of ether oxygens (including phenoxy) is 2. The molecule has 1 N–H and O–H groups in total. The second-order valence-corrected chi connectivity index (χ2v) is 6.34. The van der Waals surface area contributed by atoms with Gasteiger partial charge in [0.1, 0.15) is 11.5 Å². The van der Waals surface area contributed by atoms with Gasteiger partial charge < -0.3 is 19.5 Å². The predicted octanol–water partition coefficient (Wildman–Crippen LogP) is 2.67. The molecule has 1 saturated carbocycles. The zero-order valence-electron chi connectivity index (χ0n) is 12.2. The highest BCUT2D eigenvalue weighted by Gasteiger charge is 2.28. The average Bonchev–Trinajstić information content (AvgIpc) is 2.38. The molecule has 1 aromatic carbocycles. The number of hydrogen-bond donors (Lipinski definition) is 1. The summed E-state index contributed by atoms with van der Waals surface area (Å²) in [4.78, 5) is 2.27. The summed E-state index contributed by atoms with van der Waals surface area (Å²) in [6.45, 7) is 1.80. The highest BCUT2D eigenvalue weighted by Crippen LogP contribution is 2.34. The maximum absolute atomic E-state index is 9.34.